The van der Waals surface area contributed by atoms with E-state index in [9.17, 15) is 34.8 Å². The molecule has 0 bridgehead atoms. The SMILES string of the molecule is COc1cc(S(=N)(=O)C(F)(F)F)ccc1NCC#Cc1sc2c(NC3CCS(=N)(=O)CC3)cccc2c1CC(F)(F)F. The van der Waals surface area contributed by atoms with Crippen LogP contribution in [0.2, 0.25) is 0 Å². The van der Waals surface area contributed by atoms with Crippen LogP contribution < -0.4 is 15.4 Å². The van der Waals surface area contributed by atoms with Crippen molar-refractivity contribution in [2.24, 2.45) is 0 Å². The van der Waals surface area contributed by atoms with E-state index in [-0.39, 0.29) is 46.0 Å². The van der Waals surface area contributed by atoms with Crippen LogP contribution in [-0.2, 0) is 25.9 Å². The fourth-order valence-electron chi connectivity index (χ4n) is 4.43. The van der Waals surface area contributed by atoms with Crippen molar-refractivity contribution in [2.45, 2.75) is 41.9 Å². The predicted molar refractivity (Wildman–Crippen MR) is 152 cm³/mol. The second-order valence-electron chi connectivity index (χ2n) is 9.54. The largest absolute Gasteiger partial charge is 0.495 e. The second kappa shape index (κ2) is 11.8. The highest BCUT2D eigenvalue weighted by atomic mass is 32.2. The lowest BCUT2D eigenvalue weighted by molar-refractivity contribution is -0.126. The van der Waals surface area contributed by atoms with Gasteiger partial charge in [-0.1, -0.05) is 24.0 Å². The lowest BCUT2D eigenvalue weighted by Gasteiger charge is -2.25. The van der Waals surface area contributed by atoms with E-state index in [1.54, 1.807) is 18.2 Å². The summed E-state index contributed by atoms with van der Waals surface area (Å²) in [5.74, 6) is 5.93. The third-order valence-corrected chi connectivity index (χ3v) is 11.1. The monoisotopic (exact) mass is 652 g/mol. The summed E-state index contributed by atoms with van der Waals surface area (Å²) in [5.41, 5.74) is -4.43. The molecule has 1 saturated heterocycles. The molecule has 2 heterocycles. The zero-order chi connectivity index (χ0) is 30.9. The first-order valence-electron chi connectivity index (χ1n) is 12.4. The van der Waals surface area contributed by atoms with Crippen molar-refractivity contribution < 1.29 is 39.5 Å². The van der Waals surface area contributed by atoms with Crippen LogP contribution in [0.25, 0.3) is 10.1 Å². The Morgan fingerprint density at radius 3 is 2.43 bits per heavy atom. The predicted octanol–water partition coefficient (Wildman–Crippen LogP) is 7.02. The topological polar surface area (TPSA) is 115 Å². The minimum atomic E-state index is -5.27. The van der Waals surface area contributed by atoms with Crippen molar-refractivity contribution in [1.82, 2.24) is 0 Å². The van der Waals surface area contributed by atoms with E-state index in [0.717, 1.165) is 29.5 Å². The van der Waals surface area contributed by atoms with Gasteiger partial charge < -0.3 is 15.4 Å². The molecule has 3 aromatic rings. The number of thiophene rings is 1. The standard InChI is InChI=1S/C26H26F6N4O3S3/c1-39-22-14-17(42(34,38)26(30,31)32)7-8-20(22)35-11-3-6-23-19(15-25(27,28)29)18-4-2-5-21(24(18)40-23)36-16-9-12-41(33,37)13-10-16/h2,4-5,7-8,14,16,33-36H,9-13,15H2,1H3. The highest BCUT2D eigenvalue weighted by Gasteiger charge is 2.43. The first-order valence-corrected chi connectivity index (χ1v) is 16.7. The Hall–Kier alpha value is -3.16. The van der Waals surface area contributed by atoms with Crippen LogP contribution >= 0.6 is 11.3 Å². The molecule has 1 aliphatic heterocycles. The fraction of sp³-hybridized carbons (Fsp3) is 0.385. The summed E-state index contributed by atoms with van der Waals surface area (Å²) < 4.78 is 124. The van der Waals surface area contributed by atoms with Crippen LogP contribution in [0.1, 0.15) is 23.3 Å². The summed E-state index contributed by atoms with van der Waals surface area (Å²) in [6.07, 6.45) is -4.67. The molecule has 0 radical (unpaired) electrons. The summed E-state index contributed by atoms with van der Waals surface area (Å²) in [6.45, 7) is -0.107. The molecule has 2 aromatic carbocycles. The number of ether oxygens (including phenoxy) is 1. The number of methoxy groups -OCH3 is 1. The molecule has 0 amide bonds. The Morgan fingerprint density at radius 2 is 1.81 bits per heavy atom. The van der Waals surface area contributed by atoms with Gasteiger partial charge in [0, 0.05) is 27.3 Å². The van der Waals surface area contributed by atoms with Crippen molar-refractivity contribution in [3.63, 3.8) is 0 Å². The molecule has 4 N–H and O–H groups in total. The molecule has 1 atom stereocenters. The Kier molecular flexibility index (Phi) is 8.96. The maximum absolute atomic E-state index is 13.5. The summed E-state index contributed by atoms with van der Waals surface area (Å²) in [7, 11) is -6.50. The zero-order valence-corrected chi connectivity index (χ0v) is 24.5. The number of nitrogens with one attached hydrogen (secondary N) is 4. The highest BCUT2D eigenvalue weighted by Crippen LogP contribution is 2.40. The minimum absolute atomic E-state index is 0.0239. The van der Waals surface area contributed by atoms with Gasteiger partial charge in [0.1, 0.15) is 5.75 Å². The maximum atomic E-state index is 13.5. The van der Waals surface area contributed by atoms with Crippen molar-refractivity contribution in [3.05, 3.63) is 46.8 Å². The van der Waals surface area contributed by atoms with Gasteiger partial charge in [-0.25, -0.2) is 13.2 Å². The van der Waals surface area contributed by atoms with Gasteiger partial charge in [0.25, 0.3) is 0 Å². The Morgan fingerprint density at radius 1 is 1.12 bits per heavy atom. The maximum Gasteiger partial charge on any atom is 0.483 e. The fourth-order valence-corrected chi connectivity index (χ4v) is 7.94. The summed E-state index contributed by atoms with van der Waals surface area (Å²) >= 11 is 1.10. The molecular formula is C26H26F6N4O3S3. The highest BCUT2D eigenvalue weighted by molar-refractivity contribution is 7.93. The average molecular weight is 653 g/mol. The summed E-state index contributed by atoms with van der Waals surface area (Å²) in [4.78, 5) is -0.575. The number of anilines is 2. The van der Waals surface area contributed by atoms with Gasteiger partial charge in [-0.3, -0.25) is 4.78 Å². The molecule has 1 unspecified atom stereocenters. The number of hydrogen-bond acceptors (Lipinski definition) is 8. The Balaban J connectivity index is 1.59. The molecule has 42 heavy (non-hydrogen) atoms. The molecule has 4 rings (SSSR count). The second-order valence-corrected chi connectivity index (χ2v) is 15.0. The van der Waals surface area contributed by atoms with Gasteiger partial charge in [0.05, 0.1) is 45.9 Å². The van der Waals surface area contributed by atoms with Gasteiger partial charge in [-0.2, -0.15) is 26.3 Å². The van der Waals surface area contributed by atoms with Crippen molar-refractivity contribution in [2.75, 3.05) is 35.8 Å². The van der Waals surface area contributed by atoms with Gasteiger partial charge in [-0.05, 0) is 48.1 Å². The number of fused-ring (bicyclic) bond motifs is 1. The van der Waals surface area contributed by atoms with Gasteiger partial charge in [-0.15, -0.1) is 11.3 Å². The molecule has 16 heteroatoms. The van der Waals surface area contributed by atoms with Crippen molar-refractivity contribution in [1.29, 1.82) is 9.56 Å². The summed E-state index contributed by atoms with van der Waals surface area (Å²) in [5, 5.41) is 6.56. The molecule has 1 fully saturated rings. The van der Waals surface area contributed by atoms with E-state index in [2.05, 4.69) is 22.5 Å². The number of halogens is 6. The third kappa shape index (κ3) is 7.24. The van der Waals surface area contributed by atoms with Crippen LogP contribution in [0.3, 0.4) is 0 Å². The molecular weight excluding hydrogens is 627 g/mol. The van der Waals surface area contributed by atoms with E-state index >= 15 is 0 Å². The number of hydrogen-bond donors (Lipinski definition) is 4. The molecule has 0 spiro atoms. The number of rotatable bonds is 7. The lowest BCUT2D eigenvalue weighted by Crippen LogP contribution is -2.31. The van der Waals surface area contributed by atoms with Crippen LogP contribution in [0.4, 0.5) is 37.7 Å². The van der Waals surface area contributed by atoms with Gasteiger partial charge in [0.15, 0.2) is 9.73 Å². The van der Waals surface area contributed by atoms with Crippen LogP contribution in [0.5, 0.6) is 5.75 Å². The smallest absolute Gasteiger partial charge is 0.483 e. The Labute approximate surface area is 243 Å². The van der Waals surface area contributed by atoms with Gasteiger partial charge >= 0.3 is 11.7 Å². The quantitative estimate of drug-likeness (QED) is 0.162. The van der Waals surface area contributed by atoms with Crippen LogP contribution in [-0.4, -0.2) is 51.3 Å². The van der Waals surface area contributed by atoms with Crippen LogP contribution in [0, 0.1) is 21.4 Å². The molecule has 0 aliphatic carbocycles. The Bertz CT molecular complexity index is 1740. The normalized spacial score (nSPS) is 20.8. The molecule has 1 aromatic heterocycles. The van der Waals surface area contributed by atoms with Gasteiger partial charge in [0.2, 0.25) is 0 Å². The van der Waals surface area contributed by atoms with E-state index in [1.165, 1.54) is 7.11 Å². The zero-order valence-electron chi connectivity index (χ0n) is 22.0. The van der Waals surface area contributed by atoms with E-state index in [1.807, 2.05) is 0 Å². The minimum Gasteiger partial charge on any atom is -0.495 e. The van der Waals surface area contributed by atoms with Crippen molar-refractivity contribution >= 4 is 52.3 Å². The molecule has 7 nitrogen and oxygen atoms in total. The van der Waals surface area contributed by atoms with Crippen molar-refractivity contribution in [3.8, 4) is 17.6 Å². The van der Waals surface area contributed by atoms with E-state index < -0.39 is 42.5 Å². The van der Waals surface area contributed by atoms with Crippen LogP contribution in [0.15, 0.2) is 41.3 Å². The molecule has 0 saturated carbocycles. The number of alkyl halides is 6. The molecule has 228 valence electrons. The number of benzene rings is 2. The lowest BCUT2D eigenvalue weighted by atomic mass is 10.1. The van der Waals surface area contributed by atoms with E-state index in [4.69, 9.17) is 14.3 Å². The first kappa shape index (κ1) is 31.8. The average Bonchev–Trinajstić information content (AvgIpc) is 3.23. The third-order valence-electron chi connectivity index (χ3n) is 6.55. The molecule has 1 aliphatic rings. The summed E-state index contributed by atoms with van der Waals surface area (Å²) in [6, 6.07) is 7.82. The first-order chi connectivity index (χ1) is 19.5. The van der Waals surface area contributed by atoms with E-state index in [0.29, 0.717) is 28.6 Å².